The molecule has 383 valence electrons. The number of ketones is 1. The van der Waals surface area contributed by atoms with Gasteiger partial charge in [0.15, 0.2) is 0 Å². The van der Waals surface area contributed by atoms with Gasteiger partial charge in [-0.1, -0.05) is 159 Å². The molecule has 0 saturated heterocycles. The Kier molecular flexibility index (Phi) is 15.1. The molecule has 1 spiro atoms. The van der Waals surface area contributed by atoms with Crippen LogP contribution in [0, 0.1) is 31.1 Å². The van der Waals surface area contributed by atoms with E-state index in [1.807, 2.05) is 91.3 Å². The number of hydrogen-bond acceptors (Lipinski definition) is 8. The first kappa shape index (κ1) is 55.0. The van der Waals surface area contributed by atoms with Gasteiger partial charge in [0, 0.05) is 109 Å². The largest absolute Gasteiger partial charge is 0.506 e. The minimum absolute atomic E-state index is 0. The summed E-state index contributed by atoms with van der Waals surface area (Å²) in [4.78, 5) is 31.3. The van der Waals surface area contributed by atoms with Gasteiger partial charge >= 0.3 is 0 Å². The van der Waals surface area contributed by atoms with E-state index in [4.69, 9.17) is 19.7 Å². The van der Waals surface area contributed by atoms with Crippen molar-refractivity contribution in [2.45, 2.75) is 69.6 Å². The van der Waals surface area contributed by atoms with Gasteiger partial charge in [-0.25, -0.2) is 4.99 Å². The average molecular weight is 1280 g/mol. The van der Waals surface area contributed by atoms with E-state index in [0.29, 0.717) is 17.9 Å². The van der Waals surface area contributed by atoms with Crippen molar-refractivity contribution in [2.75, 3.05) is 37.5 Å². The summed E-state index contributed by atoms with van der Waals surface area (Å²) in [7, 11) is 6.28. The quantitative estimate of drug-likeness (QED) is 0.140. The number of rotatable bonds is 4. The number of para-hydroxylation sites is 3. The fourth-order valence-electron chi connectivity index (χ4n) is 12.1. The Labute approximate surface area is 488 Å². The van der Waals surface area contributed by atoms with Crippen molar-refractivity contribution in [3.8, 4) is 11.5 Å². The topological polar surface area (TPSA) is 93.1 Å². The molecule has 77 heavy (non-hydrogen) atoms. The first-order valence-electron chi connectivity index (χ1n) is 25.8. The first-order chi connectivity index (χ1) is 36.0. The molecule has 8 aromatic rings. The molecule has 2 unspecified atom stereocenters. The Morgan fingerprint density at radius 3 is 2.00 bits per heavy atom. The molecule has 0 bridgehead atoms. The molecule has 1 aliphatic carbocycles. The molecule has 4 aliphatic heterocycles. The van der Waals surface area contributed by atoms with Gasteiger partial charge in [0.05, 0.1) is 35.8 Å². The van der Waals surface area contributed by atoms with Crippen LogP contribution in [0.25, 0.3) is 27.6 Å². The summed E-state index contributed by atoms with van der Waals surface area (Å²) in [5, 5.41) is 14.6. The van der Waals surface area contributed by atoms with Crippen LogP contribution in [0.1, 0.15) is 69.4 Å². The standard InChI is InChI=1S/C22H20N2O.C22H22N2O.C22H20N2O.U.V/c1-21(2)17-10-6-7-11-18(17)24(3)22(21)14-23-20-16-9-5-4-8-15(16)12-13-19(20)25-22;2*1-22(2)17-10-6-7-11-18(17)24(3)20(22)14-23-21-16-9-5-4-8-15(16)12-13-19(21)25;;/h4-14H,1-3H3;4-13,20H,14H2,1-3H3;4-14H,1-3H3;;/p+1. The molecular weight excluding hydrogens is 1210 g/mol. The first-order valence-corrected chi connectivity index (χ1v) is 25.8. The number of phenols is 1. The van der Waals surface area contributed by atoms with Crippen LogP contribution in [0.5, 0.6) is 11.5 Å². The van der Waals surface area contributed by atoms with Gasteiger partial charge in [-0.3, -0.25) is 14.8 Å². The van der Waals surface area contributed by atoms with Gasteiger partial charge in [-0.15, -0.1) is 0 Å². The number of carbonyl (C=O) groups excluding carboxylic acids is 1. The number of hydrogen-bond donors (Lipinski definition) is 1. The molecule has 11 heteroatoms. The van der Waals surface area contributed by atoms with Crippen molar-refractivity contribution in [1.82, 2.24) is 0 Å². The zero-order chi connectivity index (χ0) is 52.4. The molecule has 8 aromatic carbocycles. The van der Waals surface area contributed by atoms with E-state index in [2.05, 4.69) is 168 Å². The van der Waals surface area contributed by atoms with Crippen LogP contribution in [-0.2, 0) is 39.6 Å². The fraction of sp³-hybridized carbons (Fsp3) is 0.227. The van der Waals surface area contributed by atoms with E-state index in [9.17, 15) is 9.90 Å². The van der Waals surface area contributed by atoms with Crippen LogP contribution in [0.3, 0.4) is 0 Å². The number of benzene rings is 8. The molecule has 4 heterocycles. The van der Waals surface area contributed by atoms with Crippen molar-refractivity contribution in [3.63, 3.8) is 0 Å². The summed E-state index contributed by atoms with van der Waals surface area (Å²) in [6, 6.07) is 57.7. The number of carbonyl (C=O) groups is 1. The second-order valence-electron chi connectivity index (χ2n) is 21.7. The molecule has 0 aromatic heterocycles. The minimum atomic E-state index is -0.619. The number of anilines is 2. The monoisotopic (exact) mass is 1280 g/mol. The molecule has 1 N–H and O–H groups in total. The summed E-state index contributed by atoms with van der Waals surface area (Å²) in [6.07, 6.45) is 7.38. The van der Waals surface area contributed by atoms with Crippen molar-refractivity contribution in [3.05, 3.63) is 204 Å². The number of ether oxygens (including phenoxy) is 1. The Morgan fingerprint density at radius 2 is 1.29 bits per heavy atom. The van der Waals surface area contributed by atoms with Crippen LogP contribution >= 0.6 is 0 Å². The van der Waals surface area contributed by atoms with E-state index in [0.717, 1.165) is 44.4 Å². The van der Waals surface area contributed by atoms with Gasteiger partial charge in [-0.05, 0) is 85.5 Å². The van der Waals surface area contributed by atoms with Gasteiger partial charge < -0.3 is 19.6 Å². The van der Waals surface area contributed by atoms with Crippen molar-refractivity contribution >= 4 is 85.7 Å². The van der Waals surface area contributed by atoms with Gasteiger partial charge in [0.1, 0.15) is 35.6 Å². The predicted octanol–water partition coefficient (Wildman–Crippen LogP) is 13.9. The third kappa shape index (κ3) is 9.21. The van der Waals surface area contributed by atoms with Crippen LogP contribution in [0.4, 0.5) is 28.4 Å². The number of nitrogens with zero attached hydrogens (tertiary/aromatic N) is 6. The summed E-state index contributed by atoms with van der Waals surface area (Å²) < 4.78 is 8.86. The Bertz CT molecular complexity index is 3780. The predicted molar refractivity (Wildman–Crippen MR) is 311 cm³/mol. The van der Waals surface area contributed by atoms with E-state index >= 15 is 0 Å². The van der Waals surface area contributed by atoms with Crippen molar-refractivity contribution < 1.29 is 68.9 Å². The molecule has 0 amide bonds. The van der Waals surface area contributed by atoms with Crippen molar-refractivity contribution in [2.24, 2.45) is 15.0 Å². The van der Waals surface area contributed by atoms with Crippen LogP contribution < -0.4 is 14.5 Å². The number of phenolic OH excluding ortho intramolecular Hbond substituents is 1. The van der Waals surface area contributed by atoms with Gasteiger partial charge in [-0.2, -0.15) is 4.58 Å². The SMILES string of the molecule is CN1c2ccccc2C(C)(C)C12C=Nc1c(ccc3ccccc13)O2.CN1c2ccccc2C(C)(C)C1CN=C1C(=O)C=Cc2ccccc21.C[N+]1=C(C=Nc2c(O)ccc3ccccc23)C(C)(C)c2ccccc21.[U].[V]. The molecule has 1 radical (unpaired) electrons. The number of allylic oxidation sites excluding steroid dienone is 1. The second kappa shape index (κ2) is 21.2. The molecule has 9 nitrogen and oxygen atoms in total. The third-order valence-corrected chi connectivity index (χ3v) is 16.5. The molecule has 0 fully saturated rings. The molecule has 13 rings (SSSR count). The van der Waals surface area contributed by atoms with E-state index in [1.54, 1.807) is 12.1 Å². The fourth-order valence-corrected chi connectivity index (χ4v) is 12.1. The minimum Gasteiger partial charge on any atom is -0.506 e. The van der Waals surface area contributed by atoms with E-state index in [1.165, 1.54) is 39.1 Å². The zero-order valence-corrected chi connectivity index (χ0v) is 50.7. The number of fused-ring (bicyclic) bond motifs is 8. The Balaban J connectivity index is 0.000000139. The van der Waals surface area contributed by atoms with Gasteiger partial charge in [0.25, 0.3) is 0 Å². The van der Waals surface area contributed by atoms with Crippen LogP contribution in [-0.4, -0.2) is 78.8 Å². The Morgan fingerprint density at radius 1 is 0.688 bits per heavy atom. The number of aromatic hydroxyl groups is 1. The smallest absolute Gasteiger partial charge is 0.228 e. The summed E-state index contributed by atoms with van der Waals surface area (Å²) in [5.74, 6) is 1.04. The second-order valence-corrected chi connectivity index (χ2v) is 21.7. The number of aliphatic imine (C=N–C) groups is 3. The molecular formula is C66H63N6O3UV+. The maximum Gasteiger partial charge on any atom is 0.228 e. The van der Waals surface area contributed by atoms with Crippen molar-refractivity contribution in [1.29, 1.82) is 0 Å². The summed E-state index contributed by atoms with van der Waals surface area (Å²) in [5.41, 5.74) is 11.8. The van der Waals surface area contributed by atoms with Gasteiger partial charge in [0.2, 0.25) is 22.9 Å². The maximum atomic E-state index is 12.4. The van der Waals surface area contributed by atoms with E-state index < -0.39 is 5.72 Å². The maximum absolute atomic E-state index is 12.4. The normalized spacial score (nSPS) is 19.8. The van der Waals surface area contributed by atoms with Crippen LogP contribution in [0.2, 0.25) is 0 Å². The molecule has 2 atom stereocenters. The molecule has 0 saturated carbocycles. The van der Waals surface area contributed by atoms with Crippen LogP contribution in [0.15, 0.2) is 191 Å². The molecule has 5 aliphatic rings. The summed E-state index contributed by atoms with van der Waals surface area (Å²) >= 11 is 0. The summed E-state index contributed by atoms with van der Waals surface area (Å²) in [6.45, 7) is 14.0. The average Bonchev–Trinajstić information content (AvgIpc) is 3.84. The number of likely N-dealkylation sites (N-methyl/N-ethyl adjacent to an activating group) is 2. The third-order valence-electron chi connectivity index (χ3n) is 16.5. The Hall–Kier alpha value is -6.79. The van der Waals surface area contributed by atoms with E-state index in [-0.39, 0.29) is 83.5 Å². The zero-order valence-electron chi connectivity index (χ0n) is 45.2.